The molecule has 3 aliphatic rings. The highest BCUT2D eigenvalue weighted by Gasteiger charge is 2.49. The monoisotopic (exact) mass is 529 g/mol. The number of aliphatic hydroxyl groups is 1. The maximum absolute atomic E-state index is 13.1. The number of nitrogens with zero attached hydrogens (tertiary/aromatic N) is 4. The van der Waals surface area contributed by atoms with Crippen molar-refractivity contribution < 1.29 is 24.0 Å². The molecule has 3 aliphatic heterocycles. The predicted octanol–water partition coefficient (Wildman–Crippen LogP) is 2.62. The number of nitrogens with one attached hydrogen (secondary N) is 1. The Labute approximate surface area is 226 Å². The molecule has 3 aromatic rings. The summed E-state index contributed by atoms with van der Waals surface area (Å²) >= 11 is 0. The third-order valence-corrected chi connectivity index (χ3v) is 8.51. The largest absolute Gasteiger partial charge is 0.385 e. The second-order valence-corrected chi connectivity index (χ2v) is 11.4. The molecule has 2 atom stereocenters. The van der Waals surface area contributed by atoms with Gasteiger partial charge in [-0.1, -0.05) is 55.4 Å². The Morgan fingerprint density at radius 1 is 1.13 bits per heavy atom. The van der Waals surface area contributed by atoms with Crippen molar-refractivity contribution in [3.05, 3.63) is 71.1 Å². The first-order valence-corrected chi connectivity index (χ1v) is 13.2. The van der Waals surface area contributed by atoms with Crippen LogP contribution in [0.1, 0.15) is 60.2 Å². The fourth-order valence-corrected chi connectivity index (χ4v) is 6.24. The topological polar surface area (TPSA) is 129 Å². The highest BCUT2D eigenvalue weighted by molar-refractivity contribution is 6.05. The molecule has 202 valence electrons. The molecular weight excluding hydrogens is 498 g/mol. The van der Waals surface area contributed by atoms with Crippen LogP contribution >= 0.6 is 0 Å². The van der Waals surface area contributed by atoms with Gasteiger partial charge in [-0.05, 0) is 35.6 Å². The summed E-state index contributed by atoms with van der Waals surface area (Å²) in [5.74, 6) is -0.386. The van der Waals surface area contributed by atoms with Crippen LogP contribution in [-0.2, 0) is 28.3 Å². The summed E-state index contributed by atoms with van der Waals surface area (Å²) in [6, 6.07) is 13.0. The Hall–Kier alpha value is -3.89. The SMILES string of the molecule is CC1(C)CN(Cc2ccc(-c3ncon3)cc2)CC[C@]1(O)c1ccc2c(c1)CN([C@H]1CCC(=O)NC1=O)C2=O. The van der Waals surface area contributed by atoms with Crippen LogP contribution in [0, 0.1) is 5.41 Å². The zero-order valence-corrected chi connectivity index (χ0v) is 22.0. The average molecular weight is 530 g/mol. The minimum absolute atomic E-state index is 0.211. The Kier molecular flexibility index (Phi) is 6.11. The lowest BCUT2D eigenvalue weighted by atomic mass is 9.66. The zero-order chi connectivity index (χ0) is 27.4. The Morgan fingerprint density at radius 3 is 2.62 bits per heavy atom. The van der Waals surface area contributed by atoms with Crippen molar-refractivity contribution in [2.24, 2.45) is 5.41 Å². The van der Waals surface area contributed by atoms with E-state index >= 15 is 0 Å². The predicted molar refractivity (Wildman–Crippen MR) is 140 cm³/mol. The van der Waals surface area contributed by atoms with Crippen molar-refractivity contribution in [1.82, 2.24) is 25.3 Å². The molecule has 10 nitrogen and oxygen atoms in total. The molecule has 3 amide bonds. The van der Waals surface area contributed by atoms with E-state index in [-0.39, 0.29) is 24.8 Å². The van der Waals surface area contributed by atoms with E-state index in [1.807, 2.05) is 24.3 Å². The van der Waals surface area contributed by atoms with Crippen LogP contribution in [0.5, 0.6) is 0 Å². The summed E-state index contributed by atoms with van der Waals surface area (Å²) in [7, 11) is 0. The lowest BCUT2D eigenvalue weighted by Gasteiger charge is -2.50. The number of aromatic nitrogens is 2. The van der Waals surface area contributed by atoms with Gasteiger partial charge < -0.3 is 14.5 Å². The minimum atomic E-state index is -1.08. The van der Waals surface area contributed by atoms with E-state index < -0.39 is 23.0 Å². The number of likely N-dealkylation sites (tertiary alicyclic amines) is 1. The molecule has 2 saturated heterocycles. The first-order chi connectivity index (χ1) is 18.6. The second kappa shape index (κ2) is 9.39. The molecule has 2 N–H and O–H groups in total. The van der Waals surface area contributed by atoms with E-state index in [9.17, 15) is 19.5 Å². The van der Waals surface area contributed by atoms with Gasteiger partial charge in [0.1, 0.15) is 6.04 Å². The standard InChI is InChI=1S/C29H31N5O5/c1-28(2)16-33(14-18-3-5-19(6-4-18)25-30-17-39-32-25)12-11-29(28,38)21-7-8-22-20(13-21)15-34(27(22)37)23-9-10-24(35)31-26(23)36/h3-8,13,17,23,38H,9-12,14-16H2,1-2H3,(H,31,35,36)/t23-,29-/m0/s1. The van der Waals surface area contributed by atoms with Gasteiger partial charge in [0.15, 0.2) is 0 Å². The molecule has 2 aromatic carbocycles. The number of hydrogen-bond acceptors (Lipinski definition) is 8. The van der Waals surface area contributed by atoms with Crippen LogP contribution in [-0.4, -0.2) is 61.9 Å². The Morgan fingerprint density at radius 2 is 1.92 bits per heavy atom. The minimum Gasteiger partial charge on any atom is -0.385 e. The highest BCUT2D eigenvalue weighted by atomic mass is 16.5. The Bertz CT molecular complexity index is 1430. The van der Waals surface area contributed by atoms with Crippen molar-refractivity contribution in [1.29, 1.82) is 0 Å². The van der Waals surface area contributed by atoms with Crippen LogP contribution in [0.25, 0.3) is 11.4 Å². The third-order valence-electron chi connectivity index (χ3n) is 8.51. The van der Waals surface area contributed by atoms with E-state index in [0.29, 0.717) is 37.3 Å². The van der Waals surface area contributed by atoms with Crippen LogP contribution in [0.3, 0.4) is 0 Å². The maximum Gasteiger partial charge on any atom is 0.255 e. The van der Waals surface area contributed by atoms with Gasteiger partial charge in [-0.3, -0.25) is 24.6 Å². The quantitative estimate of drug-likeness (QED) is 0.483. The highest BCUT2D eigenvalue weighted by Crippen LogP contribution is 2.47. The zero-order valence-electron chi connectivity index (χ0n) is 22.0. The van der Waals surface area contributed by atoms with Crippen LogP contribution in [0.2, 0.25) is 0 Å². The number of piperidine rings is 2. The molecule has 0 spiro atoms. The molecule has 10 heteroatoms. The molecule has 4 heterocycles. The van der Waals surface area contributed by atoms with Crippen molar-refractivity contribution >= 4 is 17.7 Å². The second-order valence-electron chi connectivity index (χ2n) is 11.4. The normalized spacial score (nSPS) is 25.1. The van der Waals surface area contributed by atoms with Gasteiger partial charge in [-0.2, -0.15) is 4.98 Å². The van der Waals surface area contributed by atoms with E-state index in [1.165, 1.54) is 11.3 Å². The molecule has 0 unspecified atom stereocenters. The van der Waals surface area contributed by atoms with E-state index in [2.05, 4.69) is 46.3 Å². The molecule has 0 aliphatic carbocycles. The van der Waals surface area contributed by atoms with Gasteiger partial charge in [0.05, 0.1) is 5.60 Å². The molecule has 0 saturated carbocycles. The smallest absolute Gasteiger partial charge is 0.255 e. The van der Waals surface area contributed by atoms with Gasteiger partial charge in [0, 0.05) is 49.1 Å². The number of fused-ring (bicyclic) bond motifs is 1. The number of benzene rings is 2. The van der Waals surface area contributed by atoms with Gasteiger partial charge in [-0.15, -0.1) is 0 Å². The van der Waals surface area contributed by atoms with Crippen LogP contribution in [0.15, 0.2) is 53.4 Å². The molecule has 1 aromatic heterocycles. The molecule has 2 fully saturated rings. The van der Waals surface area contributed by atoms with Crippen molar-refractivity contribution in [3.8, 4) is 11.4 Å². The fourth-order valence-electron chi connectivity index (χ4n) is 6.24. The summed E-state index contributed by atoms with van der Waals surface area (Å²) in [6.45, 7) is 6.60. The molecule has 39 heavy (non-hydrogen) atoms. The van der Waals surface area contributed by atoms with E-state index in [4.69, 9.17) is 4.52 Å². The van der Waals surface area contributed by atoms with Gasteiger partial charge in [-0.25, -0.2) is 0 Å². The average Bonchev–Trinajstić information content (AvgIpc) is 3.55. The fraction of sp³-hybridized carbons (Fsp3) is 0.414. The van der Waals surface area contributed by atoms with Gasteiger partial charge in [0.2, 0.25) is 24.0 Å². The number of carbonyl (C=O) groups is 3. The molecule has 6 rings (SSSR count). The summed E-state index contributed by atoms with van der Waals surface area (Å²) < 4.78 is 4.83. The summed E-state index contributed by atoms with van der Waals surface area (Å²) in [5.41, 5.74) is 2.65. The first kappa shape index (κ1) is 25.4. The summed E-state index contributed by atoms with van der Waals surface area (Å²) in [5, 5.41) is 18.2. The van der Waals surface area contributed by atoms with Crippen LogP contribution in [0.4, 0.5) is 0 Å². The third kappa shape index (κ3) is 4.43. The van der Waals surface area contributed by atoms with Gasteiger partial charge >= 0.3 is 0 Å². The summed E-state index contributed by atoms with van der Waals surface area (Å²) in [6.07, 6.45) is 2.40. The lowest BCUT2D eigenvalue weighted by Crippen LogP contribution is -2.55. The number of imide groups is 1. The van der Waals surface area contributed by atoms with E-state index in [0.717, 1.165) is 28.8 Å². The lowest BCUT2D eigenvalue weighted by molar-refractivity contribution is -0.136. The summed E-state index contributed by atoms with van der Waals surface area (Å²) in [4.78, 5) is 45.0. The molecule has 0 radical (unpaired) electrons. The van der Waals surface area contributed by atoms with Crippen molar-refractivity contribution in [2.45, 2.75) is 57.8 Å². The van der Waals surface area contributed by atoms with Crippen molar-refractivity contribution in [2.75, 3.05) is 13.1 Å². The first-order valence-electron chi connectivity index (χ1n) is 13.2. The van der Waals surface area contributed by atoms with E-state index in [1.54, 1.807) is 6.07 Å². The number of amides is 3. The Balaban J connectivity index is 1.16. The molecule has 0 bridgehead atoms. The van der Waals surface area contributed by atoms with Gasteiger partial charge in [0.25, 0.3) is 5.91 Å². The number of carbonyl (C=O) groups excluding carboxylic acids is 3. The maximum atomic E-state index is 13.1. The van der Waals surface area contributed by atoms with Crippen LogP contribution < -0.4 is 5.32 Å². The number of hydrogen-bond donors (Lipinski definition) is 2. The molecular formula is C29H31N5O5. The van der Waals surface area contributed by atoms with Crippen molar-refractivity contribution in [3.63, 3.8) is 0 Å². The number of rotatable bonds is 5.